The monoisotopic (exact) mass is 397 g/mol. The van der Waals surface area contributed by atoms with Gasteiger partial charge in [0.2, 0.25) is 5.91 Å². The van der Waals surface area contributed by atoms with Gasteiger partial charge in [-0.15, -0.1) is 0 Å². The van der Waals surface area contributed by atoms with Crippen LogP contribution in [-0.4, -0.2) is 30.9 Å². The second kappa shape index (κ2) is 9.07. The van der Waals surface area contributed by atoms with E-state index in [2.05, 4.69) is 29.4 Å². The molecule has 1 unspecified atom stereocenters. The van der Waals surface area contributed by atoms with Crippen molar-refractivity contribution in [2.24, 2.45) is 5.92 Å². The van der Waals surface area contributed by atoms with Gasteiger partial charge in [-0.3, -0.25) is 9.59 Å². The highest BCUT2D eigenvalue weighted by Gasteiger charge is 2.27. The van der Waals surface area contributed by atoms with Gasteiger partial charge < -0.3 is 15.5 Å². The van der Waals surface area contributed by atoms with Crippen molar-refractivity contribution in [1.29, 1.82) is 0 Å². The summed E-state index contributed by atoms with van der Waals surface area (Å²) in [5.41, 5.74) is 3.13. The number of carbonyl (C=O) groups excluding carboxylic acids is 2. The van der Waals surface area contributed by atoms with E-state index in [0.29, 0.717) is 18.0 Å². The fourth-order valence-electron chi connectivity index (χ4n) is 3.56. The number of nitrogens with one attached hydrogen (secondary N) is 2. The average molecular weight is 397 g/mol. The van der Waals surface area contributed by atoms with Gasteiger partial charge in [-0.05, 0) is 67.6 Å². The molecular weight excluding hydrogens is 369 g/mol. The number of hydrogen-bond donors (Lipinski definition) is 2. The second-order valence-corrected chi connectivity index (χ2v) is 7.88. The number of fused-ring (bicyclic) bond motifs is 1. The molecule has 2 aromatic rings. The topological polar surface area (TPSA) is 61.4 Å². The van der Waals surface area contributed by atoms with E-state index in [1.807, 2.05) is 25.1 Å². The van der Waals surface area contributed by atoms with Gasteiger partial charge in [-0.1, -0.05) is 19.9 Å². The molecule has 1 aliphatic heterocycles. The van der Waals surface area contributed by atoms with Gasteiger partial charge in [0, 0.05) is 30.0 Å². The summed E-state index contributed by atoms with van der Waals surface area (Å²) in [6.45, 7) is 7.49. The standard InChI is InChI=1S/C23H28FN3O2/c1-15(2)14-25-22(28)16(3)27-13-5-6-19-20(7-4-8-21(19)27)26-23(29)17-9-11-18(24)12-10-17/h4,7-12,15-16H,5-6,13-14H2,1-3H3,(H,25,28)(H,26,29). The highest BCUT2D eigenvalue weighted by molar-refractivity contribution is 6.05. The van der Waals surface area contributed by atoms with Crippen molar-refractivity contribution in [3.05, 3.63) is 59.4 Å². The van der Waals surface area contributed by atoms with E-state index >= 15 is 0 Å². The molecule has 0 bridgehead atoms. The predicted molar refractivity (Wildman–Crippen MR) is 114 cm³/mol. The summed E-state index contributed by atoms with van der Waals surface area (Å²) in [4.78, 5) is 27.3. The van der Waals surface area contributed by atoms with E-state index in [0.717, 1.165) is 36.3 Å². The van der Waals surface area contributed by atoms with Crippen LogP contribution < -0.4 is 15.5 Å². The van der Waals surface area contributed by atoms with Gasteiger partial charge in [-0.2, -0.15) is 0 Å². The number of amides is 2. The van der Waals surface area contributed by atoms with Crippen LogP contribution in [0, 0.1) is 11.7 Å². The largest absolute Gasteiger partial charge is 0.359 e. The van der Waals surface area contributed by atoms with Crippen molar-refractivity contribution in [1.82, 2.24) is 5.32 Å². The Labute approximate surface area is 171 Å². The number of halogens is 1. The lowest BCUT2D eigenvalue weighted by atomic mass is 9.97. The quantitative estimate of drug-likeness (QED) is 0.775. The Kier molecular flexibility index (Phi) is 6.52. The molecule has 6 heteroatoms. The number of carbonyl (C=O) groups is 2. The van der Waals surface area contributed by atoms with Gasteiger partial charge in [0.05, 0.1) is 0 Å². The molecule has 2 aromatic carbocycles. The second-order valence-electron chi connectivity index (χ2n) is 7.88. The summed E-state index contributed by atoms with van der Waals surface area (Å²) in [6, 6.07) is 10.9. The zero-order valence-corrected chi connectivity index (χ0v) is 17.2. The third kappa shape index (κ3) is 4.94. The molecule has 2 amide bonds. The molecule has 0 aliphatic carbocycles. The summed E-state index contributed by atoms with van der Waals surface area (Å²) < 4.78 is 13.1. The molecule has 1 atom stereocenters. The van der Waals surface area contributed by atoms with Gasteiger partial charge in [0.1, 0.15) is 11.9 Å². The van der Waals surface area contributed by atoms with Crippen LogP contribution in [0.5, 0.6) is 0 Å². The SMILES string of the molecule is CC(C)CNC(=O)C(C)N1CCCc2c(NC(=O)c3ccc(F)cc3)cccc21. The minimum Gasteiger partial charge on any atom is -0.359 e. The highest BCUT2D eigenvalue weighted by atomic mass is 19.1. The summed E-state index contributed by atoms with van der Waals surface area (Å²) in [7, 11) is 0. The summed E-state index contributed by atoms with van der Waals surface area (Å²) >= 11 is 0. The average Bonchev–Trinajstić information content (AvgIpc) is 2.71. The number of benzene rings is 2. The highest BCUT2D eigenvalue weighted by Crippen LogP contribution is 2.34. The minimum atomic E-state index is -0.376. The van der Waals surface area contributed by atoms with E-state index < -0.39 is 0 Å². The first-order valence-electron chi connectivity index (χ1n) is 10.1. The van der Waals surface area contributed by atoms with Crippen molar-refractivity contribution in [2.75, 3.05) is 23.3 Å². The van der Waals surface area contributed by atoms with Crippen LogP contribution in [-0.2, 0) is 11.2 Å². The molecule has 2 N–H and O–H groups in total. The smallest absolute Gasteiger partial charge is 0.255 e. The lowest BCUT2D eigenvalue weighted by Gasteiger charge is -2.36. The van der Waals surface area contributed by atoms with Crippen molar-refractivity contribution < 1.29 is 14.0 Å². The van der Waals surface area contributed by atoms with Crippen molar-refractivity contribution in [3.8, 4) is 0 Å². The van der Waals surface area contributed by atoms with Crippen molar-refractivity contribution in [3.63, 3.8) is 0 Å². The molecule has 0 spiro atoms. The molecule has 0 aromatic heterocycles. The summed E-state index contributed by atoms with van der Waals surface area (Å²) in [5.74, 6) is -0.252. The van der Waals surface area contributed by atoms with E-state index in [4.69, 9.17) is 0 Å². The van der Waals surface area contributed by atoms with E-state index in [1.54, 1.807) is 0 Å². The van der Waals surface area contributed by atoms with Gasteiger partial charge in [-0.25, -0.2) is 4.39 Å². The van der Waals surface area contributed by atoms with Gasteiger partial charge in [0.15, 0.2) is 0 Å². The molecule has 1 aliphatic rings. The molecule has 0 saturated heterocycles. The Hall–Kier alpha value is -2.89. The lowest BCUT2D eigenvalue weighted by Crippen LogP contribution is -2.48. The lowest BCUT2D eigenvalue weighted by molar-refractivity contribution is -0.122. The first-order chi connectivity index (χ1) is 13.9. The molecule has 5 nitrogen and oxygen atoms in total. The maximum absolute atomic E-state index is 13.1. The van der Waals surface area contributed by atoms with E-state index in [9.17, 15) is 14.0 Å². The number of hydrogen-bond acceptors (Lipinski definition) is 3. The third-order valence-electron chi connectivity index (χ3n) is 5.17. The van der Waals surface area contributed by atoms with Gasteiger partial charge >= 0.3 is 0 Å². The maximum Gasteiger partial charge on any atom is 0.255 e. The molecule has 0 radical (unpaired) electrons. The summed E-state index contributed by atoms with van der Waals surface area (Å²) in [6.07, 6.45) is 1.73. The molecule has 1 heterocycles. The molecule has 154 valence electrons. The predicted octanol–water partition coefficient (Wildman–Crippen LogP) is 3.99. The Morgan fingerprint density at radius 3 is 2.52 bits per heavy atom. The van der Waals surface area contributed by atoms with Crippen molar-refractivity contribution >= 4 is 23.2 Å². The van der Waals surface area contributed by atoms with E-state index in [1.165, 1.54) is 24.3 Å². The fourth-order valence-corrected chi connectivity index (χ4v) is 3.56. The van der Waals surface area contributed by atoms with Crippen LogP contribution in [0.2, 0.25) is 0 Å². The van der Waals surface area contributed by atoms with Gasteiger partial charge in [0.25, 0.3) is 5.91 Å². The van der Waals surface area contributed by atoms with Crippen LogP contribution in [0.1, 0.15) is 43.1 Å². The Morgan fingerprint density at radius 2 is 1.83 bits per heavy atom. The fraction of sp³-hybridized carbons (Fsp3) is 0.391. The molecule has 3 rings (SSSR count). The van der Waals surface area contributed by atoms with Crippen LogP contribution >= 0.6 is 0 Å². The van der Waals surface area contributed by atoms with Crippen LogP contribution in [0.25, 0.3) is 0 Å². The Balaban J connectivity index is 1.80. The van der Waals surface area contributed by atoms with Crippen molar-refractivity contribution in [2.45, 2.75) is 39.7 Å². The first-order valence-corrected chi connectivity index (χ1v) is 10.1. The van der Waals surface area contributed by atoms with Crippen LogP contribution in [0.4, 0.5) is 15.8 Å². The zero-order valence-electron chi connectivity index (χ0n) is 17.2. The molecule has 0 fully saturated rings. The zero-order chi connectivity index (χ0) is 21.0. The van der Waals surface area contributed by atoms with E-state index in [-0.39, 0.29) is 23.7 Å². The normalized spacial score (nSPS) is 14.3. The summed E-state index contributed by atoms with van der Waals surface area (Å²) in [5, 5.41) is 5.95. The number of nitrogens with zero attached hydrogens (tertiary/aromatic N) is 1. The van der Waals surface area contributed by atoms with Crippen LogP contribution in [0.3, 0.4) is 0 Å². The van der Waals surface area contributed by atoms with Crippen LogP contribution in [0.15, 0.2) is 42.5 Å². The maximum atomic E-state index is 13.1. The number of rotatable bonds is 6. The first kappa shape index (κ1) is 20.8. The third-order valence-corrected chi connectivity index (χ3v) is 5.17. The number of anilines is 2. The molecule has 29 heavy (non-hydrogen) atoms. The molecule has 0 saturated carbocycles. The molecular formula is C23H28FN3O2. The minimum absolute atomic E-state index is 0.00676. The Morgan fingerprint density at radius 1 is 1.10 bits per heavy atom. The Bertz CT molecular complexity index is 880.